The molecule has 1 unspecified atom stereocenters. The molecular weight excluding hydrogens is 232 g/mol. The van der Waals surface area contributed by atoms with Crippen LogP contribution in [0.3, 0.4) is 0 Å². The van der Waals surface area contributed by atoms with Crippen molar-refractivity contribution in [3.8, 4) is 11.5 Å². The van der Waals surface area contributed by atoms with E-state index < -0.39 is 0 Å². The van der Waals surface area contributed by atoms with Crippen LogP contribution in [0.4, 0.5) is 0 Å². The van der Waals surface area contributed by atoms with Crippen molar-refractivity contribution in [2.45, 2.75) is 26.7 Å². The van der Waals surface area contributed by atoms with E-state index in [0.717, 1.165) is 36.7 Å². The van der Waals surface area contributed by atoms with E-state index in [1.807, 2.05) is 31.2 Å². The molecule has 0 heterocycles. The van der Waals surface area contributed by atoms with E-state index in [1.165, 1.54) is 0 Å². The number of rotatable bonds is 8. The summed E-state index contributed by atoms with van der Waals surface area (Å²) in [4.78, 5) is 0. The summed E-state index contributed by atoms with van der Waals surface area (Å²) in [5.74, 6) is 3.43. The highest BCUT2D eigenvalue weighted by Gasteiger charge is 2.01. The molecule has 1 aromatic rings. The van der Waals surface area contributed by atoms with Crippen LogP contribution in [0.25, 0.3) is 0 Å². The molecule has 0 saturated heterocycles. The maximum absolute atomic E-state index is 5.68. The Morgan fingerprint density at radius 1 is 1.06 bits per heavy atom. The number of ether oxygens (including phenoxy) is 2. The Bertz CT molecular complexity index is 298. The van der Waals surface area contributed by atoms with Gasteiger partial charge in [0.15, 0.2) is 0 Å². The molecule has 96 valence electrons. The zero-order chi connectivity index (χ0) is 12.5. The van der Waals surface area contributed by atoms with E-state index in [2.05, 4.69) is 19.6 Å². The molecule has 2 nitrogen and oxygen atoms in total. The van der Waals surface area contributed by atoms with Crippen molar-refractivity contribution in [1.82, 2.24) is 0 Å². The van der Waals surface area contributed by atoms with E-state index in [4.69, 9.17) is 9.47 Å². The molecule has 1 atom stereocenters. The summed E-state index contributed by atoms with van der Waals surface area (Å²) in [7, 11) is 0. The van der Waals surface area contributed by atoms with Gasteiger partial charge in [0.25, 0.3) is 0 Å². The van der Waals surface area contributed by atoms with Crippen LogP contribution in [-0.2, 0) is 0 Å². The Morgan fingerprint density at radius 2 is 1.65 bits per heavy atom. The van der Waals surface area contributed by atoms with E-state index in [9.17, 15) is 0 Å². The first-order chi connectivity index (χ1) is 8.26. The molecule has 0 aliphatic carbocycles. The van der Waals surface area contributed by atoms with Gasteiger partial charge < -0.3 is 9.47 Å². The zero-order valence-corrected chi connectivity index (χ0v) is 11.6. The number of thiol groups is 1. The average molecular weight is 254 g/mol. The topological polar surface area (TPSA) is 18.5 Å². The lowest BCUT2D eigenvalue weighted by Gasteiger charge is -2.11. The van der Waals surface area contributed by atoms with Crippen molar-refractivity contribution in [2.24, 2.45) is 5.92 Å². The number of hydrogen-bond donors (Lipinski definition) is 1. The molecule has 0 aliphatic heterocycles. The predicted molar refractivity (Wildman–Crippen MR) is 75.4 cm³/mol. The lowest BCUT2D eigenvalue weighted by Crippen LogP contribution is -2.04. The molecule has 0 bridgehead atoms. The third-order valence-electron chi connectivity index (χ3n) is 2.64. The van der Waals surface area contributed by atoms with E-state index in [-0.39, 0.29) is 0 Å². The fraction of sp³-hybridized carbons (Fsp3) is 0.571. The van der Waals surface area contributed by atoms with Crippen LogP contribution in [0, 0.1) is 5.92 Å². The Kier molecular flexibility index (Phi) is 6.94. The van der Waals surface area contributed by atoms with E-state index in [0.29, 0.717) is 12.5 Å². The Balaban J connectivity index is 2.27. The molecule has 0 amide bonds. The highest BCUT2D eigenvalue weighted by Crippen LogP contribution is 2.18. The molecule has 0 fully saturated rings. The lowest BCUT2D eigenvalue weighted by molar-refractivity contribution is 0.281. The molecule has 17 heavy (non-hydrogen) atoms. The highest BCUT2D eigenvalue weighted by atomic mass is 32.1. The van der Waals surface area contributed by atoms with Gasteiger partial charge in [-0.05, 0) is 55.7 Å². The van der Waals surface area contributed by atoms with Gasteiger partial charge >= 0.3 is 0 Å². The van der Waals surface area contributed by atoms with Gasteiger partial charge in [-0.1, -0.05) is 6.92 Å². The largest absolute Gasteiger partial charge is 0.494 e. The van der Waals surface area contributed by atoms with Crippen LogP contribution >= 0.6 is 12.6 Å². The minimum atomic E-state index is 0.676. The highest BCUT2D eigenvalue weighted by molar-refractivity contribution is 7.80. The predicted octanol–water partition coefficient (Wildman–Crippen LogP) is 3.81. The molecule has 3 heteroatoms. The first-order valence-electron chi connectivity index (χ1n) is 6.22. The normalized spacial score (nSPS) is 12.2. The van der Waals surface area contributed by atoms with Crippen molar-refractivity contribution < 1.29 is 9.47 Å². The summed E-state index contributed by atoms with van der Waals surface area (Å²) < 4.78 is 11.0. The summed E-state index contributed by atoms with van der Waals surface area (Å²) in [5.41, 5.74) is 0. The Labute approximate surface area is 110 Å². The van der Waals surface area contributed by atoms with Gasteiger partial charge in [-0.15, -0.1) is 0 Å². The van der Waals surface area contributed by atoms with Gasteiger partial charge in [0.2, 0.25) is 0 Å². The molecule has 0 N–H and O–H groups in total. The third kappa shape index (κ3) is 5.87. The van der Waals surface area contributed by atoms with Crippen molar-refractivity contribution in [3.63, 3.8) is 0 Å². The molecule has 0 saturated carbocycles. The Hall–Kier alpha value is -0.830. The van der Waals surface area contributed by atoms with Crippen LogP contribution in [0.5, 0.6) is 11.5 Å². The van der Waals surface area contributed by atoms with Crippen LogP contribution in [0.1, 0.15) is 26.7 Å². The first-order valence-corrected chi connectivity index (χ1v) is 6.86. The van der Waals surface area contributed by atoms with Crippen molar-refractivity contribution in [2.75, 3.05) is 19.0 Å². The van der Waals surface area contributed by atoms with Crippen molar-refractivity contribution >= 4 is 12.6 Å². The second-order valence-electron chi connectivity index (χ2n) is 4.16. The smallest absolute Gasteiger partial charge is 0.119 e. The maximum atomic E-state index is 5.68. The van der Waals surface area contributed by atoms with Gasteiger partial charge in [-0.2, -0.15) is 12.6 Å². The fourth-order valence-corrected chi connectivity index (χ4v) is 1.98. The van der Waals surface area contributed by atoms with E-state index in [1.54, 1.807) is 0 Å². The zero-order valence-electron chi connectivity index (χ0n) is 10.7. The summed E-state index contributed by atoms with van der Waals surface area (Å²) in [6, 6.07) is 7.79. The van der Waals surface area contributed by atoms with Crippen molar-refractivity contribution in [3.05, 3.63) is 24.3 Å². The van der Waals surface area contributed by atoms with Crippen LogP contribution < -0.4 is 9.47 Å². The summed E-state index contributed by atoms with van der Waals surface area (Å²) in [5, 5.41) is 0. The minimum Gasteiger partial charge on any atom is -0.494 e. The van der Waals surface area contributed by atoms with Gasteiger partial charge in [-0.25, -0.2) is 0 Å². The third-order valence-corrected chi connectivity index (χ3v) is 2.89. The second kappa shape index (κ2) is 8.29. The fourth-order valence-electron chi connectivity index (χ4n) is 1.54. The van der Waals surface area contributed by atoms with Gasteiger partial charge in [-0.3, -0.25) is 0 Å². The van der Waals surface area contributed by atoms with Gasteiger partial charge in [0.1, 0.15) is 11.5 Å². The standard InChI is InChI=1S/C14H22O2S/c1-3-15-13-4-6-14(7-5-13)16-10-8-12(2)9-11-17/h4-7,12,17H,3,8-11H2,1-2H3. The molecule has 0 radical (unpaired) electrons. The average Bonchev–Trinajstić information content (AvgIpc) is 2.32. The molecule has 0 aliphatic rings. The molecule has 1 rings (SSSR count). The first kappa shape index (κ1) is 14.2. The lowest BCUT2D eigenvalue weighted by atomic mass is 10.1. The summed E-state index contributed by atoms with van der Waals surface area (Å²) in [6.07, 6.45) is 2.23. The van der Waals surface area contributed by atoms with Crippen LogP contribution in [0.15, 0.2) is 24.3 Å². The molecule has 0 spiro atoms. The maximum Gasteiger partial charge on any atom is 0.119 e. The Morgan fingerprint density at radius 3 is 2.18 bits per heavy atom. The SMILES string of the molecule is CCOc1ccc(OCCC(C)CCS)cc1. The second-order valence-corrected chi connectivity index (χ2v) is 4.61. The number of benzene rings is 1. The molecule has 0 aromatic heterocycles. The monoisotopic (exact) mass is 254 g/mol. The number of hydrogen-bond acceptors (Lipinski definition) is 3. The molecule has 1 aromatic carbocycles. The molecular formula is C14H22O2S. The van der Waals surface area contributed by atoms with Crippen LogP contribution in [0.2, 0.25) is 0 Å². The van der Waals surface area contributed by atoms with Gasteiger partial charge in [0.05, 0.1) is 13.2 Å². The van der Waals surface area contributed by atoms with Crippen LogP contribution in [-0.4, -0.2) is 19.0 Å². The van der Waals surface area contributed by atoms with Crippen molar-refractivity contribution in [1.29, 1.82) is 0 Å². The van der Waals surface area contributed by atoms with Gasteiger partial charge in [0, 0.05) is 0 Å². The van der Waals surface area contributed by atoms with E-state index >= 15 is 0 Å². The summed E-state index contributed by atoms with van der Waals surface area (Å²) >= 11 is 4.23. The quantitative estimate of drug-likeness (QED) is 0.711. The summed E-state index contributed by atoms with van der Waals surface area (Å²) in [6.45, 7) is 5.68. The minimum absolute atomic E-state index is 0.676.